The Labute approximate surface area is 111 Å². The molecule has 1 aliphatic carbocycles. The van der Waals surface area contributed by atoms with Crippen LogP contribution in [0.3, 0.4) is 0 Å². The first-order valence-electron chi connectivity index (χ1n) is 6.56. The molecular weight excluding hydrogens is 246 g/mol. The Kier molecular flexibility index (Phi) is 3.06. The monoisotopic (exact) mass is 263 g/mol. The third-order valence-corrected chi connectivity index (χ3v) is 3.80. The van der Waals surface area contributed by atoms with Crippen LogP contribution in [0.5, 0.6) is 11.5 Å². The highest BCUT2D eigenvalue weighted by atomic mass is 16.6. The number of benzene rings is 1. The SMILES string of the molecule is O=C(NC1(CO)CCC1)c1cccc2c1OCCO2. The van der Waals surface area contributed by atoms with E-state index in [1.165, 1.54) is 0 Å². The van der Waals surface area contributed by atoms with Gasteiger partial charge < -0.3 is 19.9 Å². The molecule has 0 aromatic heterocycles. The summed E-state index contributed by atoms with van der Waals surface area (Å²) in [5, 5.41) is 12.3. The third kappa shape index (κ3) is 2.14. The Morgan fingerprint density at radius 2 is 2.11 bits per heavy atom. The van der Waals surface area contributed by atoms with Gasteiger partial charge in [0.25, 0.3) is 5.91 Å². The van der Waals surface area contributed by atoms with Gasteiger partial charge in [0.1, 0.15) is 13.2 Å². The second-order valence-electron chi connectivity index (χ2n) is 5.08. The molecule has 1 aromatic carbocycles. The lowest BCUT2D eigenvalue weighted by Crippen LogP contribution is -2.56. The lowest BCUT2D eigenvalue weighted by atomic mass is 9.77. The van der Waals surface area contributed by atoms with E-state index in [1.807, 2.05) is 0 Å². The second-order valence-corrected chi connectivity index (χ2v) is 5.08. The molecule has 0 spiro atoms. The molecule has 1 aliphatic heterocycles. The molecule has 0 radical (unpaired) electrons. The maximum absolute atomic E-state index is 12.3. The second kappa shape index (κ2) is 4.74. The number of hydrogen-bond donors (Lipinski definition) is 2. The van der Waals surface area contributed by atoms with Crippen LogP contribution >= 0.6 is 0 Å². The first kappa shape index (κ1) is 12.3. The number of fused-ring (bicyclic) bond motifs is 1. The van der Waals surface area contributed by atoms with Crippen LogP contribution in [0.15, 0.2) is 18.2 Å². The molecule has 1 fully saturated rings. The minimum Gasteiger partial charge on any atom is -0.486 e. The van der Waals surface area contributed by atoms with E-state index in [1.54, 1.807) is 18.2 Å². The number of aliphatic hydroxyl groups is 1. The number of ether oxygens (including phenoxy) is 2. The van der Waals surface area contributed by atoms with E-state index in [0.29, 0.717) is 30.3 Å². The van der Waals surface area contributed by atoms with Crippen LogP contribution < -0.4 is 14.8 Å². The number of rotatable bonds is 3. The third-order valence-electron chi connectivity index (χ3n) is 3.80. The molecule has 1 aromatic rings. The molecule has 2 N–H and O–H groups in total. The quantitative estimate of drug-likeness (QED) is 0.857. The van der Waals surface area contributed by atoms with Crippen LogP contribution in [-0.4, -0.2) is 36.4 Å². The molecule has 0 bridgehead atoms. The van der Waals surface area contributed by atoms with Crippen molar-refractivity contribution < 1.29 is 19.4 Å². The highest BCUT2D eigenvalue weighted by molar-refractivity contribution is 5.98. The predicted molar refractivity (Wildman–Crippen MR) is 68.6 cm³/mol. The van der Waals surface area contributed by atoms with Gasteiger partial charge in [-0.05, 0) is 31.4 Å². The fourth-order valence-corrected chi connectivity index (χ4v) is 2.49. The molecule has 1 amide bonds. The zero-order valence-electron chi connectivity index (χ0n) is 10.6. The number of para-hydroxylation sites is 1. The van der Waals surface area contributed by atoms with Gasteiger partial charge in [-0.2, -0.15) is 0 Å². The van der Waals surface area contributed by atoms with Gasteiger partial charge in [-0.25, -0.2) is 0 Å². The molecule has 5 heteroatoms. The summed E-state index contributed by atoms with van der Waals surface area (Å²) in [5.74, 6) is 0.889. The molecular formula is C14H17NO4. The van der Waals surface area contributed by atoms with E-state index in [4.69, 9.17) is 9.47 Å². The summed E-state index contributed by atoms with van der Waals surface area (Å²) in [4.78, 5) is 12.3. The fraction of sp³-hybridized carbons (Fsp3) is 0.500. The predicted octanol–water partition coefficient (Wildman–Crippen LogP) is 1.10. The van der Waals surface area contributed by atoms with Gasteiger partial charge in [0.05, 0.1) is 17.7 Å². The Bertz CT molecular complexity index is 491. The van der Waals surface area contributed by atoms with Crippen molar-refractivity contribution in [1.82, 2.24) is 5.32 Å². The summed E-state index contributed by atoms with van der Waals surface area (Å²) in [6.45, 7) is 0.923. The van der Waals surface area contributed by atoms with Gasteiger partial charge in [0.15, 0.2) is 11.5 Å². The maximum Gasteiger partial charge on any atom is 0.255 e. The van der Waals surface area contributed by atoms with Crippen molar-refractivity contribution in [3.63, 3.8) is 0 Å². The van der Waals surface area contributed by atoms with Gasteiger partial charge >= 0.3 is 0 Å². The van der Waals surface area contributed by atoms with Crippen LogP contribution in [-0.2, 0) is 0 Å². The van der Waals surface area contributed by atoms with E-state index in [9.17, 15) is 9.90 Å². The molecule has 1 saturated carbocycles. The standard InChI is InChI=1S/C14H17NO4/c16-9-14(5-2-6-14)15-13(17)10-3-1-4-11-12(10)19-8-7-18-11/h1,3-4,16H,2,5-9H2,(H,15,17). The van der Waals surface area contributed by atoms with Crippen LogP contribution in [0.2, 0.25) is 0 Å². The molecule has 0 unspecified atom stereocenters. The number of carbonyl (C=O) groups excluding carboxylic acids is 1. The minimum atomic E-state index is -0.449. The molecule has 2 aliphatic rings. The zero-order valence-corrected chi connectivity index (χ0v) is 10.6. The van der Waals surface area contributed by atoms with Crippen LogP contribution in [0.4, 0.5) is 0 Å². The largest absolute Gasteiger partial charge is 0.486 e. The molecule has 0 saturated heterocycles. The summed E-state index contributed by atoms with van der Waals surface area (Å²) >= 11 is 0. The Balaban J connectivity index is 1.84. The van der Waals surface area contributed by atoms with Crippen LogP contribution in [0.1, 0.15) is 29.6 Å². The molecule has 1 heterocycles. The van der Waals surface area contributed by atoms with Crippen molar-refractivity contribution >= 4 is 5.91 Å². The number of aliphatic hydroxyl groups excluding tert-OH is 1. The van der Waals surface area contributed by atoms with E-state index >= 15 is 0 Å². The highest BCUT2D eigenvalue weighted by Crippen LogP contribution is 2.35. The molecule has 102 valence electrons. The number of carbonyl (C=O) groups is 1. The molecule has 3 rings (SSSR count). The lowest BCUT2D eigenvalue weighted by molar-refractivity contribution is 0.0635. The zero-order chi connectivity index (χ0) is 13.3. The number of hydrogen-bond acceptors (Lipinski definition) is 4. The summed E-state index contributed by atoms with van der Waals surface area (Å²) in [6.07, 6.45) is 2.68. The highest BCUT2D eigenvalue weighted by Gasteiger charge is 2.38. The van der Waals surface area contributed by atoms with E-state index in [-0.39, 0.29) is 12.5 Å². The first-order valence-corrected chi connectivity index (χ1v) is 6.56. The van der Waals surface area contributed by atoms with E-state index in [2.05, 4.69) is 5.32 Å². The van der Waals surface area contributed by atoms with Crippen molar-refractivity contribution in [1.29, 1.82) is 0 Å². The van der Waals surface area contributed by atoms with Crippen molar-refractivity contribution in [3.8, 4) is 11.5 Å². The fourth-order valence-electron chi connectivity index (χ4n) is 2.49. The summed E-state index contributed by atoms with van der Waals surface area (Å²) in [6, 6.07) is 5.28. The summed E-state index contributed by atoms with van der Waals surface area (Å²) in [7, 11) is 0. The average molecular weight is 263 g/mol. The van der Waals surface area contributed by atoms with Gasteiger partial charge in [-0.3, -0.25) is 4.79 Å². The summed E-state index contributed by atoms with van der Waals surface area (Å²) < 4.78 is 11.0. The molecule has 5 nitrogen and oxygen atoms in total. The molecule has 19 heavy (non-hydrogen) atoms. The molecule has 0 atom stereocenters. The topological polar surface area (TPSA) is 67.8 Å². The minimum absolute atomic E-state index is 0.0227. The first-order chi connectivity index (χ1) is 9.24. The van der Waals surface area contributed by atoms with Gasteiger partial charge in [-0.1, -0.05) is 6.07 Å². The van der Waals surface area contributed by atoms with Crippen molar-refractivity contribution in [2.45, 2.75) is 24.8 Å². The van der Waals surface area contributed by atoms with Gasteiger partial charge in [0, 0.05) is 0 Å². The Hall–Kier alpha value is -1.75. The van der Waals surface area contributed by atoms with Gasteiger partial charge in [-0.15, -0.1) is 0 Å². The van der Waals surface area contributed by atoms with Crippen LogP contribution in [0, 0.1) is 0 Å². The smallest absolute Gasteiger partial charge is 0.255 e. The maximum atomic E-state index is 12.3. The Morgan fingerprint density at radius 3 is 2.79 bits per heavy atom. The Morgan fingerprint density at radius 1 is 1.32 bits per heavy atom. The van der Waals surface area contributed by atoms with Gasteiger partial charge in [0.2, 0.25) is 0 Å². The van der Waals surface area contributed by atoms with Crippen molar-refractivity contribution in [2.24, 2.45) is 0 Å². The summed E-state index contributed by atoms with van der Waals surface area (Å²) in [5.41, 5.74) is 0.0203. The number of amides is 1. The number of nitrogens with one attached hydrogen (secondary N) is 1. The van der Waals surface area contributed by atoms with E-state index in [0.717, 1.165) is 19.3 Å². The normalized spacial score (nSPS) is 19.4. The van der Waals surface area contributed by atoms with E-state index < -0.39 is 5.54 Å². The van der Waals surface area contributed by atoms with Crippen molar-refractivity contribution in [2.75, 3.05) is 19.8 Å². The van der Waals surface area contributed by atoms with Crippen LogP contribution in [0.25, 0.3) is 0 Å². The average Bonchev–Trinajstić information content (AvgIpc) is 2.42. The lowest BCUT2D eigenvalue weighted by Gasteiger charge is -2.41. The van der Waals surface area contributed by atoms with Crippen molar-refractivity contribution in [3.05, 3.63) is 23.8 Å².